The molecule has 1 unspecified atom stereocenters. The molecule has 2 heterocycles. The van der Waals surface area contributed by atoms with Crippen LogP contribution in [-0.4, -0.2) is 35.4 Å². The molecule has 2 aromatic rings. The zero-order valence-corrected chi connectivity index (χ0v) is 15.8. The molecule has 0 radical (unpaired) electrons. The predicted molar refractivity (Wildman–Crippen MR) is 105 cm³/mol. The van der Waals surface area contributed by atoms with Gasteiger partial charge >= 0.3 is 0 Å². The molecule has 3 rings (SSSR count). The van der Waals surface area contributed by atoms with Crippen LogP contribution in [0.3, 0.4) is 0 Å². The maximum atomic E-state index is 12.3. The van der Waals surface area contributed by atoms with Crippen LogP contribution in [0.1, 0.15) is 33.7 Å². The first kappa shape index (κ1) is 19.9. The maximum absolute atomic E-state index is 12.3. The van der Waals surface area contributed by atoms with Crippen LogP contribution in [0.5, 0.6) is 11.6 Å². The van der Waals surface area contributed by atoms with Gasteiger partial charge in [0.1, 0.15) is 17.0 Å². The van der Waals surface area contributed by atoms with Gasteiger partial charge in [-0.25, -0.2) is 4.98 Å². The van der Waals surface area contributed by atoms with Gasteiger partial charge in [0.25, 0.3) is 11.8 Å². The summed E-state index contributed by atoms with van der Waals surface area (Å²) < 4.78 is 10.8. The number of carbonyl (C=O) groups excluding carboxylic acids is 2. The summed E-state index contributed by atoms with van der Waals surface area (Å²) in [5, 5.41) is 2.87. The summed E-state index contributed by atoms with van der Waals surface area (Å²) in [6, 6.07) is 6.44. The highest BCUT2D eigenvalue weighted by Crippen LogP contribution is 2.20. The minimum atomic E-state index is -0.627. The average Bonchev–Trinajstić information content (AvgIpc) is 2.74. The maximum Gasteiger partial charge on any atom is 0.267 e. The fraction of sp³-hybridized carbons (Fsp3) is 0.238. The van der Waals surface area contributed by atoms with Gasteiger partial charge in [-0.2, -0.15) is 0 Å². The molecule has 8 heteroatoms. The molecular weight excluding hydrogens is 372 g/mol. The first-order valence-electron chi connectivity index (χ1n) is 8.98. The van der Waals surface area contributed by atoms with Crippen molar-refractivity contribution in [2.45, 2.75) is 12.8 Å². The fourth-order valence-electron chi connectivity index (χ4n) is 2.76. The first-order valence-corrected chi connectivity index (χ1v) is 8.98. The summed E-state index contributed by atoms with van der Waals surface area (Å²) >= 11 is 0. The van der Waals surface area contributed by atoms with Crippen LogP contribution in [0.25, 0.3) is 0 Å². The van der Waals surface area contributed by atoms with Gasteiger partial charge in [0, 0.05) is 31.4 Å². The number of nitrogens with one attached hydrogen (secondary N) is 1. The molecule has 0 fully saturated rings. The van der Waals surface area contributed by atoms with Gasteiger partial charge < -0.3 is 20.5 Å². The summed E-state index contributed by atoms with van der Waals surface area (Å²) in [5.41, 5.74) is 5.74. The fourth-order valence-corrected chi connectivity index (χ4v) is 2.76. The van der Waals surface area contributed by atoms with E-state index in [2.05, 4.69) is 27.1 Å². The molecule has 8 nitrogen and oxygen atoms in total. The Morgan fingerprint density at radius 1 is 1.31 bits per heavy atom. The number of pyridine rings is 2. The Morgan fingerprint density at radius 3 is 2.97 bits per heavy atom. The van der Waals surface area contributed by atoms with Crippen molar-refractivity contribution in [2.24, 2.45) is 11.7 Å². The van der Waals surface area contributed by atoms with Crippen molar-refractivity contribution in [1.29, 1.82) is 0 Å². The van der Waals surface area contributed by atoms with Gasteiger partial charge in [0.2, 0.25) is 5.88 Å². The number of carbonyl (C=O) groups is 2. The largest absolute Gasteiger partial charge is 0.480 e. The number of hydrogen-bond acceptors (Lipinski definition) is 6. The summed E-state index contributed by atoms with van der Waals surface area (Å²) in [6.45, 7) is 0.466. The van der Waals surface area contributed by atoms with Crippen LogP contribution in [0, 0.1) is 17.8 Å². The van der Waals surface area contributed by atoms with E-state index in [1.54, 1.807) is 24.4 Å². The molecule has 0 saturated heterocycles. The smallest absolute Gasteiger partial charge is 0.267 e. The quantitative estimate of drug-likeness (QED) is 0.661. The van der Waals surface area contributed by atoms with Crippen LogP contribution in [0.4, 0.5) is 0 Å². The minimum Gasteiger partial charge on any atom is -0.480 e. The summed E-state index contributed by atoms with van der Waals surface area (Å²) in [6.07, 6.45) is 6.29. The third-order valence-corrected chi connectivity index (χ3v) is 4.18. The van der Waals surface area contributed by atoms with E-state index in [-0.39, 0.29) is 23.4 Å². The second kappa shape index (κ2) is 9.37. The Morgan fingerprint density at radius 2 is 2.17 bits per heavy atom. The van der Waals surface area contributed by atoms with Gasteiger partial charge in [-0.3, -0.25) is 14.6 Å². The second-order valence-corrected chi connectivity index (χ2v) is 6.24. The third-order valence-electron chi connectivity index (χ3n) is 4.18. The number of amides is 2. The molecule has 0 spiro atoms. The Hall–Kier alpha value is -3.86. The van der Waals surface area contributed by atoms with E-state index in [1.165, 1.54) is 19.4 Å². The molecule has 0 saturated carbocycles. The van der Waals surface area contributed by atoms with Gasteiger partial charge in [0.15, 0.2) is 5.76 Å². The standard InChI is InChI=1S/C21H20N4O4/c1-28-21-17(6-3-9-25-21)20(27)24-10-7-14-4-2-5-15(12-14)29-16-8-11-23-18(13-16)19(22)26/h3,6,8-9,11-14H,4,7,10H2,1H3,(H2,22,26)(H,24,27). The number of nitrogens with two attached hydrogens (primary N) is 1. The van der Waals surface area contributed by atoms with E-state index in [1.807, 2.05) is 6.08 Å². The Balaban J connectivity index is 1.55. The zero-order valence-electron chi connectivity index (χ0n) is 15.8. The number of ether oxygens (including phenoxy) is 2. The van der Waals surface area contributed by atoms with Crippen LogP contribution in [0.2, 0.25) is 0 Å². The normalized spacial score (nSPS) is 14.8. The lowest BCUT2D eigenvalue weighted by Gasteiger charge is -2.15. The van der Waals surface area contributed by atoms with E-state index in [4.69, 9.17) is 15.2 Å². The van der Waals surface area contributed by atoms with Crippen LogP contribution < -0.4 is 20.5 Å². The third kappa shape index (κ3) is 5.32. The van der Waals surface area contributed by atoms with Crippen molar-refractivity contribution < 1.29 is 19.1 Å². The molecule has 29 heavy (non-hydrogen) atoms. The summed E-state index contributed by atoms with van der Waals surface area (Å²) in [4.78, 5) is 31.4. The molecule has 0 aliphatic heterocycles. The van der Waals surface area contributed by atoms with Gasteiger partial charge in [-0.15, -0.1) is 0 Å². The molecule has 0 bridgehead atoms. The van der Waals surface area contributed by atoms with E-state index < -0.39 is 5.91 Å². The number of allylic oxidation sites excluding steroid dienone is 2. The molecule has 1 atom stereocenters. The number of rotatable bonds is 8. The van der Waals surface area contributed by atoms with E-state index >= 15 is 0 Å². The van der Waals surface area contributed by atoms with E-state index in [0.717, 1.165) is 0 Å². The SMILES string of the molecule is COc1ncccc1C(=O)NCCC1C=C(Oc2ccnc(C(N)=O)c2)C#CC1. The van der Waals surface area contributed by atoms with E-state index in [9.17, 15) is 9.59 Å². The molecule has 1 aliphatic carbocycles. The van der Waals surface area contributed by atoms with Crippen LogP contribution in [0.15, 0.2) is 48.5 Å². The van der Waals surface area contributed by atoms with Gasteiger partial charge in [0.05, 0.1) is 7.11 Å². The number of primary amides is 1. The lowest BCUT2D eigenvalue weighted by Crippen LogP contribution is -2.26. The number of hydrogen-bond donors (Lipinski definition) is 2. The molecule has 148 valence electrons. The number of methoxy groups -OCH3 is 1. The average molecular weight is 392 g/mol. The van der Waals surface area contributed by atoms with Crippen molar-refractivity contribution in [2.75, 3.05) is 13.7 Å². The second-order valence-electron chi connectivity index (χ2n) is 6.24. The van der Waals surface area contributed by atoms with Gasteiger partial charge in [-0.1, -0.05) is 5.92 Å². The zero-order chi connectivity index (χ0) is 20.6. The Bertz CT molecular complexity index is 1010. The molecule has 2 aromatic heterocycles. The molecule has 2 amide bonds. The number of nitrogens with zero attached hydrogens (tertiary/aromatic N) is 2. The molecular formula is C21H20N4O4. The first-order chi connectivity index (χ1) is 14.1. The lowest BCUT2D eigenvalue weighted by molar-refractivity contribution is 0.0947. The van der Waals surface area contributed by atoms with Crippen molar-refractivity contribution >= 4 is 11.8 Å². The highest BCUT2D eigenvalue weighted by molar-refractivity contribution is 5.96. The highest BCUT2D eigenvalue weighted by atomic mass is 16.5. The predicted octanol–water partition coefficient (Wildman–Crippen LogP) is 1.69. The summed E-state index contributed by atoms with van der Waals surface area (Å²) in [5.74, 6) is 6.43. The molecule has 1 aliphatic rings. The summed E-state index contributed by atoms with van der Waals surface area (Å²) in [7, 11) is 1.47. The monoisotopic (exact) mass is 392 g/mol. The number of aromatic nitrogens is 2. The van der Waals surface area contributed by atoms with Crippen LogP contribution >= 0.6 is 0 Å². The van der Waals surface area contributed by atoms with Gasteiger partial charge in [-0.05, 0) is 42.5 Å². The van der Waals surface area contributed by atoms with E-state index in [0.29, 0.717) is 36.5 Å². The Labute approximate surface area is 168 Å². The molecule has 0 aromatic carbocycles. The molecule has 3 N–H and O–H groups in total. The Kier molecular flexibility index (Phi) is 6.43. The van der Waals surface area contributed by atoms with Crippen molar-refractivity contribution in [3.05, 3.63) is 59.8 Å². The van der Waals surface area contributed by atoms with Crippen LogP contribution in [-0.2, 0) is 0 Å². The van der Waals surface area contributed by atoms with Crippen molar-refractivity contribution in [1.82, 2.24) is 15.3 Å². The van der Waals surface area contributed by atoms with Crippen molar-refractivity contribution in [3.8, 4) is 23.5 Å². The topological polar surface area (TPSA) is 116 Å². The lowest BCUT2D eigenvalue weighted by atomic mass is 9.98. The minimum absolute atomic E-state index is 0.122. The van der Waals surface area contributed by atoms with Crippen molar-refractivity contribution in [3.63, 3.8) is 0 Å². The highest BCUT2D eigenvalue weighted by Gasteiger charge is 2.15.